The number of allylic oxidation sites excluding steroid dienone is 2. The van der Waals surface area contributed by atoms with Crippen molar-refractivity contribution in [2.24, 2.45) is 5.41 Å². The largest absolute Gasteiger partial charge is 0.496 e. The minimum Gasteiger partial charge on any atom is -0.496 e. The summed E-state index contributed by atoms with van der Waals surface area (Å²) in [5, 5.41) is 0. The van der Waals surface area contributed by atoms with E-state index in [9.17, 15) is 9.59 Å². The standard InChI is InChI=1S/C26H28O3/c1-18-6-8-21(16-20(18)3)10-12-24(27)26(14-5-15-26)25(28)13-11-22-9-7-19(2)23(17-22)29-4/h6-13,16-17H,5,14-15H2,1-4H3/b12-10+,13-11+. The molecule has 1 aliphatic rings. The third-order valence-corrected chi connectivity index (χ3v) is 5.97. The van der Waals surface area contributed by atoms with E-state index in [1.54, 1.807) is 25.3 Å². The molecule has 0 bridgehead atoms. The van der Waals surface area contributed by atoms with Crippen LogP contribution in [0.1, 0.15) is 47.1 Å². The van der Waals surface area contributed by atoms with Gasteiger partial charge in [-0.25, -0.2) is 0 Å². The van der Waals surface area contributed by atoms with E-state index in [0.29, 0.717) is 12.8 Å². The van der Waals surface area contributed by atoms with Crippen molar-refractivity contribution in [2.75, 3.05) is 7.11 Å². The maximum Gasteiger partial charge on any atom is 0.169 e. The first kappa shape index (κ1) is 20.8. The van der Waals surface area contributed by atoms with Crippen molar-refractivity contribution in [1.82, 2.24) is 0 Å². The molecule has 3 heteroatoms. The molecule has 0 N–H and O–H groups in total. The normalized spacial score (nSPS) is 15.4. The number of hydrogen-bond donors (Lipinski definition) is 0. The molecule has 3 rings (SSSR count). The molecule has 0 aliphatic heterocycles. The lowest BCUT2D eigenvalue weighted by molar-refractivity contribution is -0.140. The van der Waals surface area contributed by atoms with E-state index >= 15 is 0 Å². The molecule has 29 heavy (non-hydrogen) atoms. The molecule has 0 amide bonds. The zero-order valence-electron chi connectivity index (χ0n) is 17.6. The van der Waals surface area contributed by atoms with E-state index in [1.165, 1.54) is 11.1 Å². The molecule has 1 aliphatic carbocycles. The molecule has 150 valence electrons. The smallest absolute Gasteiger partial charge is 0.169 e. The SMILES string of the molecule is COc1cc(/C=C/C(=O)C2(C(=O)/C=C/c3ccc(C)c(C)c3)CCC2)ccc1C. The summed E-state index contributed by atoms with van der Waals surface area (Å²) in [6.45, 7) is 6.09. The molecule has 3 nitrogen and oxygen atoms in total. The van der Waals surface area contributed by atoms with Gasteiger partial charge in [0.15, 0.2) is 11.6 Å². The second-order valence-electron chi connectivity index (χ2n) is 7.90. The Bertz CT molecular complexity index is 991. The highest BCUT2D eigenvalue weighted by atomic mass is 16.5. The average Bonchev–Trinajstić information content (AvgIpc) is 2.67. The minimum absolute atomic E-state index is 0.0990. The molecule has 0 saturated heterocycles. The Labute approximate surface area is 173 Å². The van der Waals surface area contributed by atoms with Crippen LogP contribution in [0, 0.1) is 26.2 Å². The van der Waals surface area contributed by atoms with Crippen LogP contribution in [0.25, 0.3) is 12.2 Å². The predicted octanol–water partition coefficient (Wildman–Crippen LogP) is 5.66. The molecule has 0 heterocycles. The van der Waals surface area contributed by atoms with Crippen LogP contribution in [0.3, 0.4) is 0 Å². The van der Waals surface area contributed by atoms with Crippen molar-refractivity contribution >= 4 is 23.7 Å². The molecule has 2 aromatic rings. The first-order valence-electron chi connectivity index (χ1n) is 10.0. The molecule has 0 aromatic heterocycles. The Morgan fingerprint density at radius 2 is 1.38 bits per heavy atom. The van der Waals surface area contributed by atoms with Gasteiger partial charge in [-0.2, -0.15) is 0 Å². The highest BCUT2D eigenvalue weighted by Crippen LogP contribution is 2.43. The predicted molar refractivity (Wildman–Crippen MR) is 118 cm³/mol. The van der Waals surface area contributed by atoms with Crippen molar-refractivity contribution in [3.63, 3.8) is 0 Å². The van der Waals surface area contributed by atoms with Crippen molar-refractivity contribution in [3.8, 4) is 5.75 Å². The van der Waals surface area contributed by atoms with Crippen LogP contribution in [0.5, 0.6) is 5.75 Å². The fraction of sp³-hybridized carbons (Fsp3) is 0.308. The highest BCUT2D eigenvalue weighted by molar-refractivity contribution is 6.18. The molecular weight excluding hydrogens is 360 g/mol. The summed E-state index contributed by atoms with van der Waals surface area (Å²) in [6.07, 6.45) is 8.84. The van der Waals surface area contributed by atoms with Crippen molar-refractivity contribution in [2.45, 2.75) is 40.0 Å². The van der Waals surface area contributed by atoms with Gasteiger partial charge >= 0.3 is 0 Å². The Hall–Kier alpha value is -2.94. The van der Waals surface area contributed by atoms with Gasteiger partial charge in [0, 0.05) is 0 Å². The Balaban J connectivity index is 1.76. The monoisotopic (exact) mass is 388 g/mol. The fourth-order valence-electron chi connectivity index (χ4n) is 3.62. The summed E-state index contributed by atoms with van der Waals surface area (Å²) < 4.78 is 5.34. The molecule has 0 atom stereocenters. The molecule has 0 spiro atoms. The van der Waals surface area contributed by atoms with E-state index in [2.05, 4.69) is 19.9 Å². The van der Waals surface area contributed by atoms with Crippen LogP contribution in [0.2, 0.25) is 0 Å². The summed E-state index contributed by atoms with van der Waals surface area (Å²) in [7, 11) is 1.63. The number of carbonyl (C=O) groups is 2. The summed E-state index contributed by atoms with van der Waals surface area (Å²) in [6, 6.07) is 11.9. The van der Waals surface area contributed by atoms with Crippen LogP contribution >= 0.6 is 0 Å². The second-order valence-corrected chi connectivity index (χ2v) is 7.90. The number of carbonyl (C=O) groups excluding carboxylic acids is 2. The van der Waals surface area contributed by atoms with Crippen LogP contribution in [-0.2, 0) is 9.59 Å². The van der Waals surface area contributed by atoms with Gasteiger partial charge in [0.2, 0.25) is 0 Å². The zero-order valence-corrected chi connectivity index (χ0v) is 17.6. The Kier molecular flexibility index (Phi) is 6.17. The molecule has 1 saturated carbocycles. The molecule has 0 unspecified atom stereocenters. The topological polar surface area (TPSA) is 43.4 Å². The first-order chi connectivity index (χ1) is 13.9. The van der Waals surface area contributed by atoms with Gasteiger partial charge in [0.05, 0.1) is 12.5 Å². The van der Waals surface area contributed by atoms with Crippen LogP contribution in [0.4, 0.5) is 0 Å². The Morgan fingerprint density at radius 1 is 0.828 bits per heavy atom. The molecule has 0 radical (unpaired) electrons. The van der Waals surface area contributed by atoms with Crippen molar-refractivity contribution in [3.05, 3.63) is 76.4 Å². The van der Waals surface area contributed by atoms with Gasteiger partial charge in [0.1, 0.15) is 5.75 Å². The Morgan fingerprint density at radius 3 is 1.86 bits per heavy atom. The lowest BCUT2D eigenvalue weighted by Gasteiger charge is -2.37. The van der Waals surface area contributed by atoms with Crippen molar-refractivity contribution < 1.29 is 14.3 Å². The molecule has 2 aromatic carbocycles. The molecular formula is C26H28O3. The molecule has 1 fully saturated rings. The maximum atomic E-state index is 12.9. The third kappa shape index (κ3) is 4.40. The number of ketones is 2. The number of ether oxygens (including phenoxy) is 1. The van der Waals surface area contributed by atoms with Crippen LogP contribution < -0.4 is 4.74 Å². The van der Waals surface area contributed by atoms with Crippen LogP contribution in [-0.4, -0.2) is 18.7 Å². The van der Waals surface area contributed by atoms with Gasteiger partial charge in [-0.1, -0.05) is 48.9 Å². The van der Waals surface area contributed by atoms with Gasteiger partial charge in [-0.05, 0) is 79.6 Å². The lowest BCUT2D eigenvalue weighted by atomic mass is 9.63. The van der Waals surface area contributed by atoms with Crippen LogP contribution in [0.15, 0.2) is 48.6 Å². The second kappa shape index (κ2) is 8.60. The number of methoxy groups -OCH3 is 1. The van der Waals surface area contributed by atoms with Gasteiger partial charge in [0.25, 0.3) is 0 Å². The third-order valence-electron chi connectivity index (χ3n) is 5.97. The van der Waals surface area contributed by atoms with E-state index in [1.807, 2.05) is 43.3 Å². The lowest BCUT2D eigenvalue weighted by Crippen LogP contribution is -2.43. The van der Waals surface area contributed by atoms with Gasteiger partial charge < -0.3 is 4.74 Å². The van der Waals surface area contributed by atoms with Gasteiger partial charge in [-0.3, -0.25) is 9.59 Å². The van der Waals surface area contributed by atoms with E-state index in [0.717, 1.165) is 28.9 Å². The first-order valence-corrected chi connectivity index (χ1v) is 10.0. The number of hydrogen-bond acceptors (Lipinski definition) is 3. The van der Waals surface area contributed by atoms with E-state index in [-0.39, 0.29) is 11.6 Å². The highest BCUT2D eigenvalue weighted by Gasteiger charge is 2.47. The number of aryl methyl sites for hydroxylation is 3. The van der Waals surface area contributed by atoms with E-state index < -0.39 is 5.41 Å². The summed E-state index contributed by atoms with van der Waals surface area (Å²) in [5.74, 6) is 0.571. The van der Waals surface area contributed by atoms with Gasteiger partial charge in [-0.15, -0.1) is 0 Å². The average molecular weight is 389 g/mol. The summed E-state index contributed by atoms with van der Waals surface area (Å²) in [5.41, 5.74) is 4.40. The fourth-order valence-corrected chi connectivity index (χ4v) is 3.62. The summed E-state index contributed by atoms with van der Waals surface area (Å²) in [4.78, 5) is 25.8. The maximum absolute atomic E-state index is 12.9. The minimum atomic E-state index is -0.901. The quantitative estimate of drug-likeness (QED) is 0.454. The summed E-state index contributed by atoms with van der Waals surface area (Å²) >= 11 is 0. The zero-order chi connectivity index (χ0) is 21.0. The number of benzene rings is 2. The number of rotatable bonds is 7. The van der Waals surface area contributed by atoms with Crippen molar-refractivity contribution in [1.29, 1.82) is 0 Å². The van der Waals surface area contributed by atoms with E-state index in [4.69, 9.17) is 4.74 Å².